The fourth-order valence-electron chi connectivity index (χ4n) is 2.96. The Labute approximate surface area is 93.9 Å². The van der Waals surface area contributed by atoms with Crippen LogP contribution in [0, 0.1) is 5.92 Å². The second-order valence-corrected chi connectivity index (χ2v) is 5.21. The molecule has 0 saturated carbocycles. The van der Waals surface area contributed by atoms with Crippen LogP contribution in [0.5, 0.6) is 0 Å². The van der Waals surface area contributed by atoms with Crippen LogP contribution in [0.15, 0.2) is 12.2 Å². The van der Waals surface area contributed by atoms with Crippen molar-refractivity contribution in [3.63, 3.8) is 0 Å². The van der Waals surface area contributed by atoms with Gasteiger partial charge in [-0.25, -0.2) is 0 Å². The van der Waals surface area contributed by atoms with Gasteiger partial charge in [0.25, 0.3) is 0 Å². The molecule has 1 heterocycles. The van der Waals surface area contributed by atoms with Gasteiger partial charge in [-0.3, -0.25) is 0 Å². The van der Waals surface area contributed by atoms with E-state index < -0.39 is 0 Å². The Kier molecular flexibility index (Phi) is 4.21. The van der Waals surface area contributed by atoms with Gasteiger partial charge in [0, 0.05) is 5.92 Å². The summed E-state index contributed by atoms with van der Waals surface area (Å²) in [5.74, 6) is 0.980. The molecule has 2 rings (SSSR count). The van der Waals surface area contributed by atoms with E-state index >= 15 is 0 Å². The van der Waals surface area contributed by atoms with Crippen molar-refractivity contribution >= 4 is 0 Å². The lowest BCUT2D eigenvalue weighted by Gasteiger charge is -2.31. The molecule has 0 spiro atoms. The van der Waals surface area contributed by atoms with Crippen LogP contribution in [0.25, 0.3) is 0 Å². The average Bonchev–Trinajstić information content (AvgIpc) is 2.31. The second-order valence-electron chi connectivity index (χ2n) is 5.21. The summed E-state index contributed by atoms with van der Waals surface area (Å²) in [7, 11) is 0. The van der Waals surface area contributed by atoms with Crippen molar-refractivity contribution in [2.24, 2.45) is 5.92 Å². The molecule has 1 aliphatic carbocycles. The van der Waals surface area contributed by atoms with Crippen molar-refractivity contribution in [2.75, 3.05) is 39.3 Å². The van der Waals surface area contributed by atoms with Gasteiger partial charge >= 0.3 is 0 Å². The van der Waals surface area contributed by atoms with Crippen LogP contribution < -0.4 is 9.80 Å². The predicted molar refractivity (Wildman–Crippen MR) is 63.3 cm³/mol. The molecule has 0 amide bonds. The van der Waals surface area contributed by atoms with Gasteiger partial charge < -0.3 is 9.80 Å². The summed E-state index contributed by atoms with van der Waals surface area (Å²) in [5, 5.41) is 0. The number of allylic oxidation sites excluding steroid dienone is 2. The lowest BCUT2D eigenvalue weighted by molar-refractivity contribution is -1.01. The summed E-state index contributed by atoms with van der Waals surface area (Å²) in [6.07, 6.45) is 8.84. The van der Waals surface area contributed by atoms with E-state index in [1.165, 1.54) is 58.5 Å². The molecule has 1 aliphatic heterocycles. The maximum absolute atomic E-state index is 2.39. The van der Waals surface area contributed by atoms with Crippen LogP contribution in [-0.2, 0) is 0 Å². The zero-order valence-electron chi connectivity index (χ0n) is 10.1. The largest absolute Gasteiger partial charge is 0.326 e. The monoisotopic (exact) mass is 210 g/mol. The molecular formula is C13H26N2+2. The van der Waals surface area contributed by atoms with Crippen LogP contribution in [-0.4, -0.2) is 39.3 Å². The lowest BCUT2D eigenvalue weighted by Crippen LogP contribution is -3.28. The van der Waals surface area contributed by atoms with Crippen molar-refractivity contribution < 1.29 is 9.80 Å². The third-order valence-electron chi connectivity index (χ3n) is 4.12. The average molecular weight is 210 g/mol. The minimum absolute atomic E-state index is 0.980. The number of nitrogens with one attached hydrogen (secondary N) is 2. The van der Waals surface area contributed by atoms with Gasteiger partial charge in [0.1, 0.15) is 26.2 Å². The predicted octanol–water partition coefficient (Wildman–Crippen LogP) is -0.854. The number of hydrogen-bond acceptors (Lipinski definition) is 0. The molecule has 1 fully saturated rings. The molecule has 0 radical (unpaired) electrons. The summed E-state index contributed by atoms with van der Waals surface area (Å²) in [6, 6.07) is 0. The van der Waals surface area contributed by atoms with Crippen LogP contribution in [0.2, 0.25) is 0 Å². The van der Waals surface area contributed by atoms with E-state index in [1.807, 2.05) is 9.80 Å². The summed E-state index contributed by atoms with van der Waals surface area (Å²) < 4.78 is 0. The van der Waals surface area contributed by atoms with Gasteiger partial charge in [-0.1, -0.05) is 12.2 Å². The van der Waals surface area contributed by atoms with E-state index in [1.54, 1.807) is 0 Å². The maximum Gasteiger partial charge on any atom is 0.127 e. The zero-order valence-corrected chi connectivity index (χ0v) is 10.1. The quantitative estimate of drug-likeness (QED) is 0.561. The van der Waals surface area contributed by atoms with Crippen LogP contribution in [0.4, 0.5) is 0 Å². The number of rotatable bonds is 3. The maximum atomic E-state index is 2.39. The highest BCUT2D eigenvalue weighted by Crippen LogP contribution is 2.15. The summed E-state index contributed by atoms with van der Waals surface area (Å²) in [6.45, 7) is 10.7. The van der Waals surface area contributed by atoms with Crippen molar-refractivity contribution in [2.45, 2.75) is 26.2 Å². The normalized spacial score (nSPS) is 36.7. The van der Waals surface area contributed by atoms with Crippen molar-refractivity contribution in [1.82, 2.24) is 0 Å². The van der Waals surface area contributed by atoms with Gasteiger partial charge in [0.15, 0.2) is 0 Å². The Morgan fingerprint density at radius 2 is 1.80 bits per heavy atom. The Bertz CT molecular complexity index is 205. The molecule has 0 aromatic heterocycles. The Morgan fingerprint density at radius 3 is 2.40 bits per heavy atom. The molecule has 1 atom stereocenters. The lowest BCUT2D eigenvalue weighted by atomic mass is 9.94. The first-order valence-electron chi connectivity index (χ1n) is 6.70. The second kappa shape index (κ2) is 5.66. The van der Waals surface area contributed by atoms with Crippen LogP contribution in [0.3, 0.4) is 0 Å². The fraction of sp³-hybridized carbons (Fsp3) is 0.846. The van der Waals surface area contributed by atoms with Crippen LogP contribution >= 0.6 is 0 Å². The van der Waals surface area contributed by atoms with Gasteiger partial charge in [-0.2, -0.15) is 0 Å². The molecule has 0 aromatic carbocycles. The molecular weight excluding hydrogens is 184 g/mol. The highest BCUT2D eigenvalue weighted by Gasteiger charge is 2.24. The SMILES string of the molecule is CC[NH+]1CC[NH+](C[C@@H]2CC=CCC2)CC1. The summed E-state index contributed by atoms with van der Waals surface area (Å²) in [5.41, 5.74) is 0. The first kappa shape index (κ1) is 11.2. The van der Waals surface area contributed by atoms with Gasteiger partial charge in [0.05, 0.1) is 13.1 Å². The van der Waals surface area contributed by atoms with Crippen molar-refractivity contribution in [1.29, 1.82) is 0 Å². The molecule has 0 bridgehead atoms. The van der Waals surface area contributed by atoms with E-state index in [0.717, 1.165) is 5.92 Å². The number of hydrogen-bond donors (Lipinski definition) is 2. The zero-order chi connectivity index (χ0) is 10.5. The third kappa shape index (κ3) is 3.32. The topological polar surface area (TPSA) is 8.88 Å². The van der Waals surface area contributed by atoms with Gasteiger partial charge in [0.2, 0.25) is 0 Å². The highest BCUT2D eigenvalue weighted by molar-refractivity contribution is 4.89. The van der Waals surface area contributed by atoms with Crippen molar-refractivity contribution in [3.8, 4) is 0 Å². The highest BCUT2D eigenvalue weighted by atomic mass is 15.3. The smallest absolute Gasteiger partial charge is 0.127 e. The minimum Gasteiger partial charge on any atom is -0.326 e. The summed E-state index contributed by atoms with van der Waals surface area (Å²) in [4.78, 5) is 3.68. The minimum atomic E-state index is 0.980. The van der Waals surface area contributed by atoms with E-state index in [4.69, 9.17) is 0 Å². The first-order chi connectivity index (χ1) is 7.38. The van der Waals surface area contributed by atoms with E-state index in [0.29, 0.717) is 0 Å². The molecule has 2 N–H and O–H groups in total. The number of likely N-dealkylation sites (N-methyl/N-ethyl adjacent to an activating group) is 1. The molecule has 0 unspecified atom stereocenters. The molecule has 2 heteroatoms. The van der Waals surface area contributed by atoms with Crippen LogP contribution in [0.1, 0.15) is 26.2 Å². The van der Waals surface area contributed by atoms with E-state index in [2.05, 4.69) is 19.1 Å². The Morgan fingerprint density at radius 1 is 1.07 bits per heavy atom. The molecule has 2 aliphatic rings. The summed E-state index contributed by atoms with van der Waals surface area (Å²) >= 11 is 0. The molecule has 15 heavy (non-hydrogen) atoms. The van der Waals surface area contributed by atoms with E-state index in [9.17, 15) is 0 Å². The van der Waals surface area contributed by atoms with Gasteiger partial charge in [-0.05, 0) is 26.2 Å². The van der Waals surface area contributed by atoms with E-state index in [-0.39, 0.29) is 0 Å². The Balaban J connectivity index is 1.69. The first-order valence-corrected chi connectivity index (χ1v) is 6.70. The molecule has 2 nitrogen and oxygen atoms in total. The van der Waals surface area contributed by atoms with Gasteiger partial charge in [-0.15, -0.1) is 0 Å². The number of piperazine rings is 1. The third-order valence-corrected chi connectivity index (χ3v) is 4.12. The van der Waals surface area contributed by atoms with Crippen molar-refractivity contribution in [3.05, 3.63) is 12.2 Å². The Hall–Kier alpha value is -0.340. The molecule has 86 valence electrons. The fourth-order valence-corrected chi connectivity index (χ4v) is 2.96. The molecule has 0 aromatic rings. The molecule has 1 saturated heterocycles. The number of quaternary nitrogens is 2. The standard InChI is InChI=1S/C13H24N2/c1-2-14-8-10-15(11-9-14)12-13-6-4-3-5-7-13/h3-4,13H,2,5-12H2,1H3/p+2/t13-/m1/s1.